The summed E-state index contributed by atoms with van der Waals surface area (Å²) in [4.78, 5) is 16.7. The molecule has 0 atom stereocenters. The first-order chi connectivity index (χ1) is 17.1. The lowest BCUT2D eigenvalue weighted by molar-refractivity contribution is -0.112. The number of methoxy groups -OCH3 is 1. The number of ether oxygens (including phenoxy) is 4. The molecule has 1 N–H and O–H groups in total. The van der Waals surface area contributed by atoms with Gasteiger partial charge in [-0.05, 0) is 49.1 Å². The van der Waals surface area contributed by atoms with Gasteiger partial charge in [-0.2, -0.15) is 14.6 Å². The highest BCUT2D eigenvalue weighted by Gasteiger charge is 2.14. The number of amides is 1. The summed E-state index contributed by atoms with van der Waals surface area (Å²) in [5.74, 6) is 1.85. The largest absolute Gasteiger partial charge is 0.497 e. The predicted molar refractivity (Wildman–Crippen MR) is 136 cm³/mol. The van der Waals surface area contributed by atoms with Crippen molar-refractivity contribution in [2.45, 2.75) is 12.1 Å². The van der Waals surface area contributed by atoms with Gasteiger partial charge in [-0.25, -0.2) is 0 Å². The van der Waals surface area contributed by atoms with Crippen molar-refractivity contribution in [3.63, 3.8) is 0 Å². The summed E-state index contributed by atoms with van der Waals surface area (Å²) in [7, 11) is 1.60. The van der Waals surface area contributed by atoms with Gasteiger partial charge in [-0.15, -0.1) is 0 Å². The number of nitrogens with one attached hydrogen (secondary N) is 1. The molecule has 0 aliphatic heterocycles. The molecular formula is C24H24N4O5S2. The average Bonchev–Trinajstić information content (AvgIpc) is 3.33. The summed E-state index contributed by atoms with van der Waals surface area (Å²) >= 11 is 2.42. The maximum atomic E-state index is 12.5. The van der Waals surface area contributed by atoms with Crippen LogP contribution >= 0.6 is 23.3 Å². The van der Waals surface area contributed by atoms with Crippen LogP contribution in [0.2, 0.25) is 0 Å². The smallest absolute Gasteiger partial charge is 0.268 e. The van der Waals surface area contributed by atoms with E-state index < -0.39 is 5.91 Å². The van der Waals surface area contributed by atoms with Gasteiger partial charge >= 0.3 is 0 Å². The highest BCUT2D eigenvalue weighted by molar-refractivity contribution is 7.98. The fourth-order valence-electron chi connectivity index (χ4n) is 2.83. The second kappa shape index (κ2) is 13.2. The summed E-state index contributed by atoms with van der Waals surface area (Å²) in [5.41, 5.74) is 0.538. The Kier molecular flexibility index (Phi) is 9.77. The summed E-state index contributed by atoms with van der Waals surface area (Å²) in [6.07, 6.45) is 3.31. The van der Waals surface area contributed by atoms with Gasteiger partial charge < -0.3 is 18.9 Å². The normalized spacial score (nSPS) is 10.9. The number of hydrogen-bond acceptors (Lipinski definition) is 10. The third kappa shape index (κ3) is 7.63. The molecule has 0 aliphatic rings. The van der Waals surface area contributed by atoms with E-state index in [1.807, 2.05) is 37.4 Å². The van der Waals surface area contributed by atoms with Crippen LogP contribution in [0.3, 0.4) is 0 Å². The minimum Gasteiger partial charge on any atom is -0.497 e. The summed E-state index contributed by atoms with van der Waals surface area (Å²) in [6, 6.07) is 14.4. The maximum absolute atomic E-state index is 12.5. The Bertz CT molecular complexity index is 1220. The zero-order valence-electron chi connectivity index (χ0n) is 19.4. The molecule has 1 aromatic heterocycles. The van der Waals surface area contributed by atoms with Gasteiger partial charge in [-0.3, -0.25) is 10.1 Å². The van der Waals surface area contributed by atoms with Gasteiger partial charge in [-0.1, -0.05) is 23.9 Å². The Balaban J connectivity index is 1.64. The standard InChI is InChI=1S/C24H24N4O5S2/c1-4-31-21-13-16(12-17(15-25)22(29)26-23-27-24(34-3)28-35-23)8-9-20(21)33-11-10-32-19-7-5-6-18(14-19)30-2/h5-9,12-14H,4,10-11H2,1-3H3,(H,26,27,28,29). The van der Waals surface area contributed by atoms with E-state index >= 15 is 0 Å². The van der Waals surface area contributed by atoms with Crippen LogP contribution in [-0.4, -0.2) is 48.5 Å². The first-order valence-electron chi connectivity index (χ1n) is 10.5. The molecule has 3 rings (SSSR count). The van der Waals surface area contributed by atoms with Crippen LogP contribution in [0.4, 0.5) is 5.13 Å². The highest BCUT2D eigenvalue weighted by Crippen LogP contribution is 2.30. The van der Waals surface area contributed by atoms with Crippen molar-refractivity contribution in [1.82, 2.24) is 9.36 Å². The maximum Gasteiger partial charge on any atom is 0.268 e. The van der Waals surface area contributed by atoms with E-state index in [2.05, 4.69) is 14.7 Å². The molecule has 35 heavy (non-hydrogen) atoms. The van der Waals surface area contributed by atoms with E-state index in [0.717, 1.165) is 11.5 Å². The number of carbonyl (C=O) groups excluding carboxylic acids is 1. The minimum atomic E-state index is -0.565. The lowest BCUT2D eigenvalue weighted by atomic mass is 10.1. The molecule has 0 aliphatic carbocycles. The molecule has 1 amide bonds. The van der Waals surface area contributed by atoms with Gasteiger partial charge in [0.25, 0.3) is 5.91 Å². The number of hydrogen-bond donors (Lipinski definition) is 1. The molecule has 9 nitrogen and oxygen atoms in total. The first kappa shape index (κ1) is 25.9. The molecule has 0 unspecified atom stereocenters. The Morgan fingerprint density at radius 3 is 2.66 bits per heavy atom. The zero-order valence-corrected chi connectivity index (χ0v) is 21.1. The van der Waals surface area contributed by atoms with Gasteiger partial charge in [0.1, 0.15) is 36.4 Å². The lowest BCUT2D eigenvalue weighted by Crippen LogP contribution is -2.13. The van der Waals surface area contributed by atoms with Gasteiger partial charge in [0.2, 0.25) is 10.3 Å². The molecule has 0 saturated carbocycles. The first-order valence-corrected chi connectivity index (χ1v) is 12.5. The summed E-state index contributed by atoms with van der Waals surface area (Å²) in [6.45, 7) is 2.89. The Morgan fingerprint density at radius 2 is 1.94 bits per heavy atom. The fraction of sp³-hybridized carbons (Fsp3) is 0.250. The molecule has 0 fully saturated rings. The number of anilines is 1. The van der Waals surface area contributed by atoms with Crippen molar-refractivity contribution in [1.29, 1.82) is 5.26 Å². The van der Waals surface area contributed by atoms with Crippen LogP contribution in [0.5, 0.6) is 23.0 Å². The van der Waals surface area contributed by atoms with E-state index in [1.165, 1.54) is 17.8 Å². The second-order valence-corrected chi connectivity index (χ2v) is 8.25. The SMILES string of the molecule is CCOc1cc(C=C(C#N)C(=O)Nc2nc(SC)ns2)ccc1OCCOc1cccc(OC)c1. The van der Waals surface area contributed by atoms with Crippen LogP contribution < -0.4 is 24.3 Å². The van der Waals surface area contributed by atoms with Crippen LogP contribution in [0.1, 0.15) is 12.5 Å². The minimum absolute atomic E-state index is 0.0753. The molecule has 182 valence electrons. The quantitative estimate of drug-likeness (QED) is 0.160. The van der Waals surface area contributed by atoms with Crippen LogP contribution in [-0.2, 0) is 4.79 Å². The molecule has 11 heteroatoms. The Hall–Kier alpha value is -3.75. The molecular weight excluding hydrogens is 488 g/mol. The number of nitrogens with zero attached hydrogens (tertiary/aromatic N) is 3. The highest BCUT2D eigenvalue weighted by atomic mass is 32.2. The number of nitriles is 1. The number of thioether (sulfide) groups is 1. The van der Waals surface area contributed by atoms with Gasteiger partial charge in [0.05, 0.1) is 13.7 Å². The third-order valence-corrected chi connectivity index (χ3v) is 5.70. The molecule has 0 saturated heterocycles. The van der Waals surface area contributed by atoms with E-state index in [0.29, 0.717) is 52.1 Å². The monoisotopic (exact) mass is 512 g/mol. The van der Waals surface area contributed by atoms with Gasteiger partial charge in [0.15, 0.2) is 11.5 Å². The number of rotatable bonds is 12. The number of carbonyl (C=O) groups is 1. The van der Waals surface area contributed by atoms with Crippen molar-refractivity contribution in [2.24, 2.45) is 0 Å². The van der Waals surface area contributed by atoms with Crippen LogP contribution in [0, 0.1) is 11.3 Å². The van der Waals surface area contributed by atoms with Crippen molar-refractivity contribution < 1.29 is 23.7 Å². The van der Waals surface area contributed by atoms with E-state index in [-0.39, 0.29) is 12.2 Å². The molecule has 0 radical (unpaired) electrons. The topological polar surface area (TPSA) is 116 Å². The zero-order chi connectivity index (χ0) is 25.0. The molecule has 3 aromatic rings. The summed E-state index contributed by atoms with van der Waals surface area (Å²) < 4.78 is 26.5. The van der Waals surface area contributed by atoms with Crippen molar-refractivity contribution >= 4 is 40.4 Å². The van der Waals surface area contributed by atoms with E-state index in [9.17, 15) is 10.1 Å². The van der Waals surface area contributed by atoms with Crippen molar-refractivity contribution in [2.75, 3.05) is 38.5 Å². The molecule has 2 aromatic carbocycles. The number of aromatic nitrogens is 2. The van der Waals surface area contributed by atoms with E-state index in [4.69, 9.17) is 18.9 Å². The van der Waals surface area contributed by atoms with Crippen LogP contribution in [0.25, 0.3) is 6.08 Å². The Morgan fingerprint density at radius 1 is 1.14 bits per heavy atom. The van der Waals surface area contributed by atoms with Gasteiger partial charge in [0, 0.05) is 17.6 Å². The Labute approximate surface area is 211 Å². The van der Waals surface area contributed by atoms with Crippen molar-refractivity contribution in [3.8, 4) is 29.1 Å². The predicted octanol–water partition coefficient (Wildman–Crippen LogP) is 4.67. The number of benzene rings is 2. The second-order valence-electron chi connectivity index (χ2n) is 6.73. The summed E-state index contributed by atoms with van der Waals surface area (Å²) in [5, 5.41) is 13.0. The molecule has 1 heterocycles. The fourth-order valence-corrected chi connectivity index (χ4v) is 3.95. The van der Waals surface area contributed by atoms with E-state index in [1.54, 1.807) is 31.4 Å². The average molecular weight is 513 g/mol. The molecule has 0 bridgehead atoms. The molecule has 0 spiro atoms. The van der Waals surface area contributed by atoms with Crippen molar-refractivity contribution in [3.05, 3.63) is 53.6 Å². The van der Waals surface area contributed by atoms with Crippen LogP contribution in [0.15, 0.2) is 53.2 Å². The lowest BCUT2D eigenvalue weighted by Gasteiger charge is -2.13. The third-order valence-electron chi connectivity index (χ3n) is 4.40.